The molecule has 0 amide bonds. The molecular formula is C16H17NO4. The average molecular weight is 287 g/mol. The summed E-state index contributed by atoms with van der Waals surface area (Å²) in [6.45, 7) is 0.140. The molecule has 0 fully saturated rings. The molecule has 0 saturated carbocycles. The van der Waals surface area contributed by atoms with Gasteiger partial charge >= 0.3 is 5.97 Å². The van der Waals surface area contributed by atoms with Crippen LogP contribution in [-0.4, -0.2) is 28.8 Å². The summed E-state index contributed by atoms with van der Waals surface area (Å²) in [6, 6.07) is 16.6. The zero-order valence-electron chi connectivity index (χ0n) is 11.4. The molecule has 2 rings (SSSR count). The number of aliphatic carboxylic acids is 1. The number of hydrogen-bond acceptors (Lipinski definition) is 4. The molecule has 2 aromatic rings. The fourth-order valence-corrected chi connectivity index (χ4v) is 1.82. The quantitative estimate of drug-likeness (QED) is 0.729. The normalized spacial score (nSPS) is 11.7. The number of ether oxygens (including phenoxy) is 1. The highest BCUT2D eigenvalue weighted by Gasteiger charge is 2.10. The van der Waals surface area contributed by atoms with Gasteiger partial charge in [0.05, 0.1) is 18.2 Å². The number of aliphatic hydroxyl groups excluding tert-OH is 1. The summed E-state index contributed by atoms with van der Waals surface area (Å²) in [5, 5.41) is 21.2. The number of carbonyl (C=O) groups is 1. The lowest BCUT2D eigenvalue weighted by molar-refractivity contribution is -0.138. The van der Waals surface area contributed by atoms with Gasteiger partial charge in [-0.1, -0.05) is 30.3 Å². The maximum absolute atomic E-state index is 10.5. The van der Waals surface area contributed by atoms with Crippen molar-refractivity contribution in [3.8, 4) is 11.5 Å². The molecule has 0 aromatic heterocycles. The van der Waals surface area contributed by atoms with Crippen molar-refractivity contribution in [1.29, 1.82) is 0 Å². The Labute approximate surface area is 122 Å². The highest BCUT2D eigenvalue weighted by molar-refractivity contribution is 5.67. The van der Waals surface area contributed by atoms with Crippen LogP contribution in [0.2, 0.25) is 0 Å². The van der Waals surface area contributed by atoms with Gasteiger partial charge in [-0.15, -0.1) is 0 Å². The van der Waals surface area contributed by atoms with Gasteiger partial charge in [-0.25, -0.2) is 0 Å². The number of aliphatic hydroxyl groups is 1. The van der Waals surface area contributed by atoms with Crippen LogP contribution in [0.1, 0.15) is 6.42 Å². The number of nitrogens with one attached hydrogen (secondary N) is 1. The highest BCUT2D eigenvalue weighted by Crippen LogP contribution is 2.28. The minimum Gasteiger partial charge on any atom is -0.481 e. The summed E-state index contributed by atoms with van der Waals surface area (Å²) in [7, 11) is 0. The maximum Gasteiger partial charge on any atom is 0.306 e. The van der Waals surface area contributed by atoms with Crippen LogP contribution in [0.25, 0.3) is 0 Å². The molecule has 3 N–H and O–H groups in total. The zero-order chi connectivity index (χ0) is 15.1. The lowest BCUT2D eigenvalue weighted by Crippen LogP contribution is -2.22. The van der Waals surface area contributed by atoms with E-state index < -0.39 is 12.1 Å². The second-order valence-electron chi connectivity index (χ2n) is 4.54. The van der Waals surface area contributed by atoms with Crippen LogP contribution in [0.5, 0.6) is 11.5 Å². The van der Waals surface area contributed by atoms with E-state index in [4.69, 9.17) is 9.84 Å². The topological polar surface area (TPSA) is 78.8 Å². The highest BCUT2D eigenvalue weighted by atomic mass is 16.5. The minimum atomic E-state index is -1.03. The van der Waals surface area contributed by atoms with Gasteiger partial charge in [0.25, 0.3) is 0 Å². The Hall–Kier alpha value is -2.53. The standard InChI is InChI=1S/C16H17NO4/c18-12(10-16(19)20)11-17-14-8-4-5-9-15(14)21-13-6-2-1-3-7-13/h1-9,12,17-18H,10-11H2,(H,19,20). The van der Waals surface area contributed by atoms with Crippen molar-refractivity contribution in [2.24, 2.45) is 0 Å². The predicted octanol–water partition coefficient (Wildman–Crippen LogP) is 2.73. The first-order valence-corrected chi connectivity index (χ1v) is 6.61. The van der Waals surface area contributed by atoms with E-state index in [1.807, 2.05) is 48.5 Å². The molecule has 1 atom stereocenters. The minimum absolute atomic E-state index is 0.140. The maximum atomic E-state index is 10.5. The summed E-state index contributed by atoms with van der Waals surface area (Å²) in [4.78, 5) is 10.5. The Morgan fingerprint density at radius 1 is 1.10 bits per heavy atom. The molecule has 0 radical (unpaired) electrons. The lowest BCUT2D eigenvalue weighted by atomic mass is 10.2. The largest absolute Gasteiger partial charge is 0.481 e. The Morgan fingerprint density at radius 2 is 1.76 bits per heavy atom. The molecule has 0 spiro atoms. The van der Waals surface area contributed by atoms with Gasteiger partial charge in [0.15, 0.2) is 5.75 Å². The van der Waals surface area contributed by atoms with Gasteiger partial charge in [0.1, 0.15) is 5.75 Å². The first-order chi connectivity index (χ1) is 10.1. The van der Waals surface area contributed by atoms with Gasteiger partial charge < -0.3 is 20.3 Å². The van der Waals surface area contributed by atoms with E-state index in [2.05, 4.69) is 5.32 Å². The number of hydrogen-bond donors (Lipinski definition) is 3. The summed E-state index contributed by atoms with van der Waals surface area (Å²) < 4.78 is 5.76. The van der Waals surface area contributed by atoms with Gasteiger partial charge in [-0.05, 0) is 24.3 Å². The third-order valence-electron chi connectivity index (χ3n) is 2.80. The van der Waals surface area contributed by atoms with E-state index in [9.17, 15) is 9.90 Å². The molecule has 110 valence electrons. The Balaban J connectivity index is 2.01. The first kappa shape index (κ1) is 14.9. The number of anilines is 1. The van der Waals surface area contributed by atoms with E-state index in [0.29, 0.717) is 17.2 Å². The SMILES string of the molecule is O=C(O)CC(O)CNc1ccccc1Oc1ccccc1. The van der Waals surface area contributed by atoms with Crippen molar-refractivity contribution in [3.63, 3.8) is 0 Å². The molecular weight excluding hydrogens is 270 g/mol. The molecule has 0 heterocycles. The average Bonchev–Trinajstić information content (AvgIpc) is 2.47. The van der Waals surface area contributed by atoms with Crippen molar-refractivity contribution in [1.82, 2.24) is 0 Å². The fraction of sp³-hybridized carbons (Fsp3) is 0.188. The third-order valence-corrected chi connectivity index (χ3v) is 2.80. The molecule has 0 bridgehead atoms. The van der Waals surface area contributed by atoms with Crippen molar-refractivity contribution in [2.45, 2.75) is 12.5 Å². The molecule has 5 heteroatoms. The van der Waals surface area contributed by atoms with Crippen LogP contribution in [-0.2, 0) is 4.79 Å². The van der Waals surface area contributed by atoms with Crippen LogP contribution in [0.15, 0.2) is 54.6 Å². The van der Waals surface area contributed by atoms with Gasteiger partial charge in [-0.3, -0.25) is 4.79 Å². The van der Waals surface area contributed by atoms with Crippen LogP contribution in [0.4, 0.5) is 5.69 Å². The van der Waals surface area contributed by atoms with Gasteiger partial charge in [0, 0.05) is 6.54 Å². The number of rotatable bonds is 7. The molecule has 1 unspecified atom stereocenters. The summed E-state index contributed by atoms with van der Waals surface area (Å²) in [5.41, 5.74) is 0.700. The second-order valence-corrected chi connectivity index (χ2v) is 4.54. The van der Waals surface area contributed by atoms with Crippen molar-refractivity contribution in [2.75, 3.05) is 11.9 Å². The zero-order valence-corrected chi connectivity index (χ0v) is 11.4. The lowest BCUT2D eigenvalue weighted by Gasteiger charge is -2.15. The van der Waals surface area contributed by atoms with E-state index in [1.165, 1.54) is 0 Å². The molecule has 0 saturated heterocycles. The Morgan fingerprint density at radius 3 is 2.48 bits per heavy atom. The smallest absolute Gasteiger partial charge is 0.306 e. The van der Waals surface area contributed by atoms with Crippen LogP contribution in [0.3, 0.4) is 0 Å². The van der Waals surface area contributed by atoms with Gasteiger partial charge in [-0.2, -0.15) is 0 Å². The number of carboxylic acids is 1. The van der Waals surface area contributed by atoms with Crippen molar-refractivity contribution < 1.29 is 19.7 Å². The molecule has 21 heavy (non-hydrogen) atoms. The fourth-order valence-electron chi connectivity index (χ4n) is 1.82. The Kier molecular flexibility index (Phi) is 5.17. The Bertz CT molecular complexity index is 586. The summed E-state index contributed by atoms with van der Waals surface area (Å²) in [6.07, 6.45) is -1.25. The number of benzene rings is 2. The van der Waals surface area contributed by atoms with E-state index >= 15 is 0 Å². The van der Waals surface area contributed by atoms with E-state index in [-0.39, 0.29) is 13.0 Å². The first-order valence-electron chi connectivity index (χ1n) is 6.61. The molecule has 2 aromatic carbocycles. The second kappa shape index (κ2) is 7.31. The van der Waals surface area contributed by atoms with Crippen molar-refractivity contribution in [3.05, 3.63) is 54.6 Å². The number of carboxylic acid groups (broad SMARTS) is 1. The van der Waals surface area contributed by atoms with Crippen LogP contribution in [0, 0.1) is 0 Å². The molecule has 0 aliphatic rings. The van der Waals surface area contributed by atoms with Crippen LogP contribution < -0.4 is 10.1 Å². The molecule has 5 nitrogen and oxygen atoms in total. The van der Waals surface area contributed by atoms with Crippen molar-refractivity contribution >= 4 is 11.7 Å². The van der Waals surface area contributed by atoms with Crippen LogP contribution >= 0.6 is 0 Å². The van der Waals surface area contributed by atoms with E-state index in [0.717, 1.165) is 0 Å². The summed E-state index contributed by atoms with van der Waals surface area (Å²) >= 11 is 0. The molecule has 0 aliphatic carbocycles. The summed E-state index contributed by atoms with van der Waals surface area (Å²) in [5.74, 6) is 0.294. The van der Waals surface area contributed by atoms with E-state index in [1.54, 1.807) is 6.07 Å². The monoisotopic (exact) mass is 287 g/mol. The third kappa shape index (κ3) is 4.81. The number of para-hydroxylation sites is 3. The predicted molar refractivity (Wildman–Crippen MR) is 79.7 cm³/mol. The molecule has 0 aliphatic heterocycles. The van der Waals surface area contributed by atoms with Gasteiger partial charge in [0.2, 0.25) is 0 Å².